The second kappa shape index (κ2) is 8.39. The van der Waals surface area contributed by atoms with Crippen LogP contribution in [0.15, 0.2) is 130 Å². The standard InChI is InChI=1S/C36H20Br2/c37-23-14-17-30-32-18-21(12-15-28(32)25-7-2-4-9-27(25)33(30)20-23)22-13-16-29-24-6-1-3-8-26(24)31-10-5-11-35(38)36(31)34(29)19-22/h1-20H. The van der Waals surface area contributed by atoms with Crippen molar-refractivity contribution in [2.24, 2.45) is 0 Å². The van der Waals surface area contributed by atoms with E-state index in [-0.39, 0.29) is 0 Å². The molecule has 0 aromatic heterocycles. The molecule has 0 amide bonds. The molecule has 0 aliphatic rings. The monoisotopic (exact) mass is 610 g/mol. The summed E-state index contributed by atoms with van der Waals surface area (Å²) in [5.41, 5.74) is 2.46. The van der Waals surface area contributed by atoms with E-state index in [4.69, 9.17) is 0 Å². The molecule has 178 valence electrons. The highest BCUT2D eigenvalue weighted by Crippen LogP contribution is 2.42. The number of hydrogen-bond acceptors (Lipinski definition) is 0. The summed E-state index contributed by atoms with van der Waals surface area (Å²) >= 11 is 7.56. The summed E-state index contributed by atoms with van der Waals surface area (Å²) < 4.78 is 2.23. The van der Waals surface area contributed by atoms with Crippen LogP contribution in [0.5, 0.6) is 0 Å². The molecule has 8 rings (SSSR count). The maximum Gasteiger partial charge on any atom is 0.0260 e. The van der Waals surface area contributed by atoms with Gasteiger partial charge in [0.2, 0.25) is 0 Å². The zero-order valence-electron chi connectivity index (χ0n) is 20.3. The van der Waals surface area contributed by atoms with Crippen molar-refractivity contribution in [3.63, 3.8) is 0 Å². The molecule has 38 heavy (non-hydrogen) atoms. The Labute approximate surface area is 236 Å². The van der Waals surface area contributed by atoms with Gasteiger partial charge in [-0.05, 0) is 101 Å². The quantitative estimate of drug-likeness (QED) is 0.162. The minimum absolute atomic E-state index is 1.10. The minimum Gasteiger partial charge on any atom is -0.0616 e. The van der Waals surface area contributed by atoms with Crippen molar-refractivity contribution in [1.82, 2.24) is 0 Å². The van der Waals surface area contributed by atoms with Crippen LogP contribution in [-0.2, 0) is 0 Å². The predicted molar refractivity (Wildman–Crippen MR) is 172 cm³/mol. The number of rotatable bonds is 1. The predicted octanol–water partition coefficient (Wildman–Crippen LogP) is 11.8. The lowest BCUT2D eigenvalue weighted by atomic mass is 9.90. The zero-order chi connectivity index (χ0) is 25.4. The van der Waals surface area contributed by atoms with Crippen molar-refractivity contribution in [2.75, 3.05) is 0 Å². The molecular formula is C36H20Br2. The van der Waals surface area contributed by atoms with E-state index in [1.54, 1.807) is 0 Å². The molecule has 0 atom stereocenters. The van der Waals surface area contributed by atoms with Crippen molar-refractivity contribution in [2.45, 2.75) is 0 Å². The van der Waals surface area contributed by atoms with Crippen LogP contribution in [0.1, 0.15) is 0 Å². The van der Waals surface area contributed by atoms with Gasteiger partial charge in [-0.2, -0.15) is 0 Å². The largest absolute Gasteiger partial charge is 0.0616 e. The molecule has 0 N–H and O–H groups in total. The molecule has 8 aromatic carbocycles. The Balaban J connectivity index is 1.46. The second-order valence-corrected chi connectivity index (χ2v) is 11.7. The third-order valence-electron chi connectivity index (χ3n) is 7.94. The summed E-state index contributed by atoms with van der Waals surface area (Å²) in [6.45, 7) is 0. The summed E-state index contributed by atoms with van der Waals surface area (Å²) in [6, 6.07) is 44.5. The molecule has 0 fully saturated rings. The highest BCUT2D eigenvalue weighted by molar-refractivity contribution is 9.11. The first-order chi connectivity index (χ1) is 18.7. The molecule has 8 aromatic rings. The second-order valence-electron chi connectivity index (χ2n) is 9.96. The van der Waals surface area contributed by atoms with Gasteiger partial charge in [0.1, 0.15) is 0 Å². The van der Waals surface area contributed by atoms with Gasteiger partial charge in [0.25, 0.3) is 0 Å². The van der Waals surface area contributed by atoms with Crippen LogP contribution in [-0.4, -0.2) is 0 Å². The number of benzene rings is 8. The van der Waals surface area contributed by atoms with E-state index in [2.05, 4.69) is 153 Å². The van der Waals surface area contributed by atoms with E-state index in [0.717, 1.165) is 8.95 Å². The molecular weight excluding hydrogens is 592 g/mol. The molecule has 0 aliphatic heterocycles. The third-order valence-corrected chi connectivity index (χ3v) is 9.10. The van der Waals surface area contributed by atoms with Crippen LogP contribution in [0.2, 0.25) is 0 Å². The Bertz CT molecular complexity index is 2260. The van der Waals surface area contributed by atoms with Crippen LogP contribution in [0.3, 0.4) is 0 Å². The van der Waals surface area contributed by atoms with Crippen molar-refractivity contribution in [1.29, 1.82) is 0 Å². The molecule has 0 saturated heterocycles. The van der Waals surface area contributed by atoms with E-state index in [1.807, 2.05) is 0 Å². The Morgan fingerprint density at radius 2 is 0.763 bits per heavy atom. The van der Waals surface area contributed by atoms with Crippen LogP contribution in [0, 0.1) is 0 Å². The van der Waals surface area contributed by atoms with E-state index < -0.39 is 0 Å². The summed E-state index contributed by atoms with van der Waals surface area (Å²) in [4.78, 5) is 0. The first-order valence-electron chi connectivity index (χ1n) is 12.7. The van der Waals surface area contributed by atoms with Gasteiger partial charge in [-0.15, -0.1) is 0 Å². The average molecular weight is 612 g/mol. The van der Waals surface area contributed by atoms with Gasteiger partial charge in [0.05, 0.1) is 0 Å². The fourth-order valence-electron chi connectivity index (χ4n) is 6.25. The first kappa shape index (κ1) is 22.3. The maximum absolute atomic E-state index is 3.87. The van der Waals surface area contributed by atoms with Crippen molar-refractivity contribution in [3.05, 3.63) is 130 Å². The summed E-state index contributed by atoms with van der Waals surface area (Å²) in [7, 11) is 0. The van der Waals surface area contributed by atoms with Crippen molar-refractivity contribution < 1.29 is 0 Å². The van der Waals surface area contributed by atoms with Crippen LogP contribution < -0.4 is 0 Å². The lowest BCUT2D eigenvalue weighted by molar-refractivity contribution is 1.69. The average Bonchev–Trinajstić information content (AvgIpc) is 2.97. The van der Waals surface area contributed by atoms with Crippen LogP contribution >= 0.6 is 31.9 Å². The van der Waals surface area contributed by atoms with Gasteiger partial charge in [0, 0.05) is 14.3 Å². The van der Waals surface area contributed by atoms with Gasteiger partial charge < -0.3 is 0 Å². The molecule has 0 unspecified atom stereocenters. The number of fused-ring (bicyclic) bond motifs is 12. The van der Waals surface area contributed by atoms with Crippen molar-refractivity contribution >= 4 is 96.5 Å². The zero-order valence-corrected chi connectivity index (χ0v) is 23.5. The summed E-state index contributed by atoms with van der Waals surface area (Å²) in [5, 5.41) is 15.4. The highest BCUT2D eigenvalue weighted by atomic mass is 79.9. The lowest BCUT2D eigenvalue weighted by Gasteiger charge is -2.14. The van der Waals surface area contributed by atoms with Gasteiger partial charge in [0.15, 0.2) is 0 Å². The van der Waals surface area contributed by atoms with Crippen LogP contribution in [0.25, 0.3) is 75.8 Å². The topological polar surface area (TPSA) is 0 Å². The number of hydrogen-bond donors (Lipinski definition) is 0. The van der Waals surface area contributed by atoms with Gasteiger partial charge in [-0.3, -0.25) is 0 Å². The van der Waals surface area contributed by atoms with E-state index in [1.165, 1.54) is 75.8 Å². The molecule has 0 radical (unpaired) electrons. The fourth-order valence-corrected chi connectivity index (χ4v) is 7.19. The van der Waals surface area contributed by atoms with E-state index in [9.17, 15) is 0 Å². The summed E-state index contributed by atoms with van der Waals surface area (Å²) in [6.07, 6.45) is 0. The highest BCUT2D eigenvalue weighted by Gasteiger charge is 2.14. The van der Waals surface area contributed by atoms with Gasteiger partial charge >= 0.3 is 0 Å². The van der Waals surface area contributed by atoms with Gasteiger partial charge in [-0.1, -0.05) is 123 Å². The minimum atomic E-state index is 1.10. The SMILES string of the molecule is Brc1ccc2c(c1)c1ccccc1c1ccc(-c3ccc4c5ccccc5c5cccc(Br)c5c4c3)cc12. The smallest absolute Gasteiger partial charge is 0.0260 e. The molecule has 2 heteroatoms. The Kier molecular flexibility index (Phi) is 4.92. The Hall–Kier alpha value is -3.72. The Morgan fingerprint density at radius 3 is 1.45 bits per heavy atom. The fraction of sp³-hybridized carbons (Fsp3) is 0. The van der Waals surface area contributed by atoms with E-state index >= 15 is 0 Å². The van der Waals surface area contributed by atoms with E-state index in [0.29, 0.717) is 0 Å². The van der Waals surface area contributed by atoms with Crippen LogP contribution in [0.4, 0.5) is 0 Å². The molecule has 0 aliphatic carbocycles. The van der Waals surface area contributed by atoms with Gasteiger partial charge in [-0.25, -0.2) is 0 Å². The molecule has 0 spiro atoms. The Morgan fingerprint density at radius 1 is 0.316 bits per heavy atom. The summed E-state index contributed by atoms with van der Waals surface area (Å²) in [5.74, 6) is 0. The molecule has 0 nitrogen and oxygen atoms in total. The normalized spacial score (nSPS) is 11.9. The first-order valence-corrected chi connectivity index (χ1v) is 14.3. The molecule has 0 heterocycles. The number of halogens is 2. The molecule has 0 bridgehead atoms. The third kappa shape index (κ3) is 3.20. The maximum atomic E-state index is 3.87. The van der Waals surface area contributed by atoms with Crippen molar-refractivity contribution in [3.8, 4) is 11.1 Å². The molecule has 0 saturated carbocycles. The lowest BCUT2D eigenvalue weighted by Crippen LogP contribution is -1.87.